The van der Waals surface area contributed by atoms with Crippen LogP contribution in [0.15, 0.2) is 54.7 Å². The third-order valence-electron chi connectivity index (χ3n) is 3.66. The van der Waals surface area contributed by atoms with E-state index in [2.05, 4.69) is 15.3 Å². The number of hydrogen-bond acceptors (Lipinski definition) is 3. The zero-order valence-corrected chi connectivity index (χ0v) is 15.0. The fraction of sp³-hybridized carbons (Fsp3) is 0.105. The van der Waals surface area contributed by atoms with Gasteiger partial charge >= 0.3 is 0 Å². The minimum absolute atomic E-state index is 0.326. The summed E-state index contributed by atoms with van der Waals surface area (Å²) in [6.07, 6.45) is 2.15. The SMILES string of the molecule is Cc1nc(Cc2ccccc2)ncc1C(=O)Nc1cc(Cl)ccc1Cl. The van der Waals surface area contributed by atoms with E-state index in [9.17, 15) is 4.79 Å². The summed E-state index contributed by atoms with van der Waals surface area (Å²) in [7, 11) is 0. The molecule has 0 fully saturated rings. The average molecular weight is 372 g/mol. The second-order valence-corrected chi connectivity index (χ2v) is 6.37. The van der Waals surface area contributed by atoms with E-state index in [0.29, 0.717) is 39.2 Å². The maximum absolute atomic E-state index is 12.5. The molecular weight excluding hydrogens is 357 g/mol. The number of carbonyl (C=O) groups is 1. The van der Waals surface area contributed by atoms with Gasteiger partial charge in [-0.2, -0.15) is 0 Å². The van der Waals surface area contributed by atoms with Gasteiger partial charge in [0.25, 0.3) is 5.91 Å². The highest BCUT2D eigenvalue weighted by molar-refractivity contribution is 6.35. The lowest BCUT2D eigenvalue weighted by Crippen LogP contribution is -2.16. The smallest absolute Gasteiger partial charge is 0.259 e. The van der Waals surface area contributed by atoms with Gasteiger partial charge in [-0.25, -0.2) is 9.97 Å². The molecule has 0 saturated carbocycles. The molecule has 25 heavy (non-hydrogen) atoms. The van der Waals surface area contributed by atoms with Crippen LogP contribution in [0.25, 0.3) is 0 Å². The number of aryl methyl sites for hydroxylation is 1. The van der Waals surface area contributed by atoms with Gasteiger partial charge in [0.05, 0.1) is 22.0 Å². The zero-order chi connectivity index (χ0) is 17.8. The van der Waals surface area contributed by atoms with Crippen molar-refractivity contribution in [2.75, 3.05) is 5.32 Å². The van der Waals surface area contributed by atoms with Gasteiger partial charge in [0.2, 0.25) is 0 Å². The summed E-state index contributed by atoms with van der Waals surface area (Å²) < 4.78 is 0. The van der Waals surface area contributed by atoms with E-state index in [1.54, 1.807) is 25.1 Å². The Hall–Kier alpha value is -2.43. The standard InChI is InChI=1S/C19H15Cl2N3O/c1-12-15(19(25)24-17-10-14(20)7-8-16(17)21)11-22-18(23-12)9-13-5-3-2-4-6-13/h2-8,10-11H,9H2,1H3,(H,24,25). The van der Waals surface area contributed by atoms with Crippen molar-refractivity contribution >= 4 is 34.8 Å². The van der Waals surface area contributed by atoms with Gasteiger partial charge in [0.15, 0.2) is 0 Å². The van der Waals surface area contributed by atoms with E-state index in [0.717, 1.165) is 5.56 Å². The molecule has 0 bridgehead atoms. The molecule has 6 heteroatoms. The quantitative estimate of drug-likeness (QED) is 0.706. The van der Waals surface area contributed by atoms with Crippen LogP contribution in [0.4, 0.5) is 5.69 Å². The van der Waals surface area contributed by atoms with Crippen LogP contribution in [0.1, 0.15) is 27.4 Å². The van der Waals surface area contributed by atoms with Crippen molar-refractivity contribution in [1.82, 2.24) is 9.97 Å². The van der Waals surface area contributed by atoms with Crippen LogP contribution in [0.5, 0.6) is 0 Å². The third-order valence-corrected chi connectivity index (χ3v) is 4.22. The van der Waals surface area contributed by atoms with Crippen LogP contribution in [0.3, 0.4) is 0 Å². The van der Waals surface area contributed by atoms with Gasteiger partial charge in [0, 0.05) is 17.6 Å². The van der Waals surface area contributed by atoms with Crippen LogP contribution < -0.4 is 5.32 Å². The van der Waals surface area contributed by atoms with E-state index < -0.39 is 0 Å². The molecule has 0 unspecified atom stereocenters. The maximum Gasteiger partial charge on any atom is 0.259 e. The van der Waals surface area contributed by atoms with Gasteiger partial charge in [-0.3, -0.25) is 4.79 Å². The first-order valence-corrected chi connectivity index (χ1v) is 8.41. The van der Waals surface area contributed by atoms with Gasteiger partial charge in [-0.15, -0.1) is 0 Å². The molecule has 1 amide bonds. The lowest BCUT2D eigenvalue weighted by atomic mass is 10.1. The molecule has 3 aromatic rings. The first-order valence-electron chi connectivity index (χ1n) is 7.66. The zero-order valence-electron chi connectivity index (χ0n) is 13.5. The topological polar surface area (TPSA) is 54.9 Å². The number of amides is 1. The number of anilines is 1. The number of aromatic nitrogens is 2. The first-order chi connectivity index (χ1) is 12.0. The summed E-state index contributed by atoms with van der Waals surface area (Å²) in [4.78, 5) is 21.2. The minimum atomic E-state index is -0.326. The summed E-state index contributed by atoms with van der Waals surface area (Å²) in [6, 6.07) is 14.8. The third kappa shape index (κ3) is 4.35. The number of nitrogens with zero attached hydrogens (tertiary/aromatic N) is 2. The van der Waals surface area contributed by atoms with Crippen molar-refractivity contribution < 1.29 is 4.79 Å². The lowest BCUT2D eigenvalue weighted by molar-refractivity contribution is 0.102. The average Bonchev–Trinajstić information content (AvgIpc) is 2.59. The van der Waals surface area contributed by atoms with Crippen molar-refractivity contribution in [2.45, 2.75) is 13.3 Å². The Morgan fingerprint density at radius 3 is 2.60 bits per heavy atom. The fourth-order valence-corrected chi connectivity index (χ4v) is 2.72. The predicted molar refractivity (Wildman–Crippen MR) is 100 cm³/mol. The Morgan fingerprint density at radius 1 is 1.12 bits per heavy atom. The molecule has 0 aliphatic heterocycles. The Kier molecular flexibility index (Phi) is 5.31. The van der Waals surface area contributed by atoms with Gasteiger partial charge < -0.3 is 5.32 Å². The van der Waals surface area contributed by atoms with Crippen LogP contribution in [-0.4, -0.2) is 15.9 Å². The minimum Gasteiger partial charge on any atom is -0.320 e. The summed E-state index contributed by atoms with van der Waals surface area (Å²) in [6.45, 7) is 1.78. The number of nitrogens with one attached hydrogen (secondary N) is 1. The fourth-order valence-electron chi connectivity index (χ4n) is 2.38. The predicted octanol–water partition coefficient (Wildman–Crippen LogP) is 4.93. The van der Waals surface area contributed by atoms with Gasteiger partial charge in [-0.05, 0) is 30.7 Å². The molecule has 1 heterocycles. The molecule has 0 atom stereocenters. The number of rotatable bonds is 4. The van der Waals surface area contributed by atoms with E-state index in [4.69, 9.17) is 23.2 Å². The number of carbonyl (C=O) groups excluding carboxylic acids is 1. The molecule has 0 aliphatic carbocycles. The van der Waals surface area contributed by atoms with Crippen LogP contribution >= 0.6 is 23.2 Å². The van der Waals surface area contributed by atoms with E-state index >= 15 is 0 Å². The van der Waals surface area contributed by atoms with Crippen molar-refractivity contribution in [3.63, 3.8) is 0 Å². The molecule has 0 radical (unpaired) electrons. The molecule has 0 saturated heterocycles. The highest BCUT2D eigenvalue weighted by Gasteiger charge is 2.14. The van der Waals surface area contributed by atoms with E-state index in [-0.39, 0.29) is 5.91 Å². The summed E-state index contributed by atoms with van der Waals surface area (Å²) in [5.74, 6) is 0.342. The summed E-state index contributed by atoms with van der Waals surface area (Å²) in [5.41, 5.74) is 2.57. The molecule has 1 aromatic heterocycles. The highest BCUT2D eigenvalue weighted by atomic mass is 35.5. The lowest BCUT2D eigenvalue weighted by Gasteiger charge is -2.10. The largest absolute Gasteiger partial charge is 0.320 e. The van der Waals surface area contributed by atoms with Crippen LogP contribution in [-0.2, 0) is 6.42 Å². The second kappa shape index (κ2) is 7.64. The molecule has 1 N–H and O–H groups in total. The van der Waals surface area contributed by atoms with E-state index in [1.807, 2.05) is 30.3 Å². The van der Waals surface area contributed by atoms with Crippen LogP contribution in [0.2, 0.25) is 10.0 Å². The number of halogens is 2. The first kappa shape index (κ1) is 17.4. The molecule has 2 aromatic carbocycles. The number of benzene rings is 2. The van der Waals surface area contributed by atoms with Gasteiger partial charge in [-0.1, -0.05) is 53.5 Å². The normalized spacial score (nSPS) is 10.5. The van der Waals surface area contributed by atoms with Crippen molar-refractivity contribution in [1.29, 1.82) is 0 Å². The highest BCUT2D eigenvalue weighted by Crippen LogP contribution is 2.26. The summed E-state index contributed by atoms with van der Waals surface area (Å²) in [5, 5.41) is 3.65. The monoisotopic (exact) mass is 371 g/mol. The Labute approximate surface area is 155 Å². The van der Waals surface area contributed by atoms with Crippen molar-refractivity contribution in [2.24, 2.45) is 0 Å². The molecule has 3 rings (SSSR count). The second-order valence-electron chi connectivity index (χ2n) is 5.53. The van der Waals surface area contributed by atoms with E-state index in [1.165, 1.54) is 6.20 Å². The van der Waals surface area contributed by atoms with Gasteiger partial charge in [0.1, 0.15) is 5.82 Å². The summed E-state index contributed by atoms with van der Waals surface area (Å²) >= 11 is 12.0. The molecule has 0 aliphatic rings. The van der Waals surface area contributed by atoms with Crippen LogP contribution in [0, 0.1) is 6.92 Å². The Morgan fingerprint density at radius 2 is 1.88 bits per heavy atom. The Balaban J connectivity index is 1.78. The molecular formula is C19H15Cl2N3O. The maximum atomic E-state index is 12.5. The Bertz CT molecular complexity index is 914. The molecule has 4 nitrogen and oxygen atoms in total. The van der Waals surface area contributed by atoms with Crippen molar-refractivity contribution in [3.8, 4) is 0 Å². The molecule has 0 spiro atoms. The number of hydrogen-bond donors (Lipinski definition) is 1. The molecule has 126 valence electrons. The van der Waals surface area contributed by atoms with Crippen molar-refractivity contribution in [3.05, 3.63) is 87.4 Å².